The molecule has 5 rings (SSSR count). The molecule has 0 radical (unpaired) electrons. The summed E-state index contributed by atoms with van der Waals surface area (Å²) in [5.74, 6) is 0.749. The lowest BCUT2D eigenvalue weighted by Gasteiger charge is -2.28. The molecule has 4 aromatic rings. The minimum atomic E-state index is 0.665. The van der Waals surface area contributed by atoms with Gasteiger partial charge in [-0.25, -0.2) is 9.97 Å². The van der Waals surface area contributed by atoms with Crippen LogP contribution in [0.25, 0.3) is 17.1 Å². The first kappa shape index (κ1) is 19.0. The Kier molecular flexibility index (Phi) is 4.95. The van der Waals surface area contributed by atoms with E-state index < -0.39 is 0 Å². The highest BCUT2D eigenvalue weighted by molar-refractivity contribution is 5.58. The molecular weight excluding hydrogens is 384 g/mol. The van der Waals surface area contributed by atoms with E-state index in [-0.39, 0.29) is 0 Å². The second kappa shape index (κ2) is 8.05. The van der Waals surface area contributed by atoms with Gasteiger partial charge < -0.3 is 10.3 Å². The van der Waals surface area contributed by atoms with E-state index in [0.29, 0.717) is 5.56 Å². The maximum absolute atomic E-state index is 9.20. The van der Waals surface area contributed by atoms with Gasteiger partial charge in [0.15, 0.2) is 5.82 Å². The van der Waals surface area contributed by atoms with Gasteiger partial charge in [0.05, 0.1) is 17.3 Å². The van der Waals surface area contributed by atoms with Gasteiger partial charge in [0.2, 0.25) is 0 Å². The first-order valence-corrected chi connectivity index (χ1v) is 10.3. The molecule has 31 heavy (non-hydrogen) atoms. The van der Waals surface area contributed by atoms with Crippen LogP contribution < -0.4 is 5.73 Å². The fourth-order valence-electron chi connectivity index (χ4n) is 4.03. The van der Waals surface area contributed by atoms with E-state index in [2.05, 4.69) is 26.6 Å². The predicted molar refractivity (Wildman–Crippen MR) is 120 cm³/mol. The normalized spacial score (nSPS) is 13.5. The molecule has 2 aromatic carbocycles. The summed E-state index contributed by atoms with van der Waals surface area (Å²) in [7, 11) is 0. The second-order valence-electron chi connectivity index (χ2n) is 7.78. The molecule has 1 aliphatic rings. The Morgan fingerprint density at radius 3 is 2.77 bits per heavy atom. The van der Waals surface area contributed by atoms with Crippen LogP contribution in [0, 0.1) is 11.3 Å². The summed E-state index contributed by atoms with van der Waals surface area (Å²) in [5.41, 5.74) is 12.7. The fourth-order valence-corrected chi connectivity index (χ4v) is 4.03. The third-order valence-electron chi connectivity index (χ3n) is 5.65. The van der Waals surface area contributed by atoms with Crippen molar-refractivity contribution in [1.29, 1.82) is 5.26 Å². The van der Waals surface area contributed by atoms with Crippen molar-refractivity contribution in [2.24, 2.45) is 0 Å². The van der Waals surface area contributed by atoms with E-state index in [0.717, 1.165) is 54.5 Å². The SMILES string of the molecule is N#Cc1cccc(-n2cccc2CN2CCc3nc(-c4ccc(N)cc4)ncc3C2)c1. The average Bonchev–Trinajstić information content (AvgIpc) is 3.27. The van der Waals surface area contributed by atoms with Crippen LogP contribution in [-0.2, 0) is 19.5 Å². The monoisotopic (exact) mass is 406 g/mol. The Labute approximate surface area is 181 Å². The van der Waals surface area contributed by atoms with Crippen LogP contribution in [0.2, 0.25) is 0 Å². The summed E-state index contributed by atoms with van der Waals surface area (Å²) in [6, 6.07) is 21.8. The summed E-state index contributed by atoms with van der Waals surface area (Å²) >= 11 is 0. The van der Waals surface area contributed by atoms with E-state index in [9.17, 15) is 5.26 Å². The number of nitrogens with zero attached hydrogens (tertiary/aromatic N) is 5. The van der Waals surface area contributed by atoms with Crippen LogP contribution >= 0.6 is 0 Å². The number of hydrogen-bond acceptors (Lipinski definition) is 5. The molecule has 1 aliphatic heterocycles. The Balaban J connectivity index is 1.34. The molecule has 6 nitrogen and oxygen atoms in total. The van der Waals surface area contributed by atoms with Crippen molar-refractivity contribution in [3.63, 3.8) is 0 Å². The van der Waals surface area contributed by atoms with Crippen LogP contribution in [0.3, 0.4) is 0 Å². The fraction of sp³-hybridized carbons (Fsp3) is 0.160. The van der Waals surface area contributed by atoms with Gasteiger partial charge in [0.1, 0.15) is 0 Å². The minimum absolute atomic E-state index is 0.665. The molecule has 2 N–H and O–H groups in total. The van der Waals surface area contributed by atoms with Crippen molar-refractivity contribution in [2.75, 3.05) is 12.3 Å². The van der Waals surface area contributed by atoms with E-state index in [1.54, 1.807) is 0 Å². The second-order valence-corrected chi connectivity index (χ2v) is 7.78. The lowest BCUT2D eigenvalue weighted by molar-refractivity contribution is 0.239. The third-order valence-corrected chi connectivity index (χ3v) is 5.65. The highest BCUT2D eigenvalue weighted by Gasteiger charge is 2.20. The van der Waals surface area contributed by atoms with Gasteiger partial charge in [-0.1, -0.05) is 6.07 Å². The average molecular weight is 406 g/mol. The largest absolute Gasteiger partial charge is 0.399 e. The van der Waals surface area contributed by atoms with Gasteiger partial charge in [0, 0.05) is 66.6 Å². The molecule has 2 aromatic heterocycles. The molecule has 0 fully saturated rings. The van der Waals surface area contributed by atoms with Gasteiger partial charge in [-0.2, -0.15) is 5.26 Å². The molecule has 3 heterocycles. The standard InChI is InChI=1S/C25H22N6/c26-14-18-3-1-4-22(13-18)31-11-2-5-23(31)17-30-12-10-24-20(16-30)15-28-25(29-24)19-6-8-21(27)9-7-19/h1-9,11,13,15H,10,12,16-17,27H2. The van der Waals surface area contributed by atoms with Gasteiger partial charge in [0.25, 0.3) is 0 Å². The topological polar surface area (TPSA) is 83.8 Å². The van der Waals surface area contributed by atoms with Crippen LogP contribution in [0.4, 0.5) is 5.69 Å². The molecule has 0 spiro atoms. The third kappa shape index (κ3) is 3.91. The molecule has 0 aliphatic carbocycles. The number of benzene rings is 2. The molecule has 0 saturated carbocycles. The molecular formula is C25H22N6. The number of aromatic nitrogens is 3. The molecule has 0 atom stereocenters. The van der Waals surface area contributed by atoms with Gasteiger partial charge in [-0.05, 0) is 54.6 Å². The summed E-state index contributed by atoms with van der Waals surface area (Å²) < 4.78 is 2.15. The number of anilines is 1. The summed E-state index contributed by atoms with van der Waals surface area (Å²) in [4.78, 5) is 11.8. The summed E-state index contributed by atoms with van der Waals surface area (Å²) in [6.07, 6.45) is 4.89. The van der Waals surface area contributed by atoms with E-state index in [1.807, 2.05) is 67.0 Å². The van der Waals surface area contributed by atoms with Gasteiger partial charge in [-0.3, -0.25) is 4.90 Å². The maximum atomic E-state index is 9.20. The van der Waals surface area contributed by atoms with Crippen LogP contribution in [0.1, 0.15) is 22.5 Å². The van der Waals surface area contributed by atoms with Crippen molar-refractivity contribution in [3.8, 4) is 23.1 Å². The van der Waals surface area contributed by atoms with Crippen molar-refractivity contribution in [2.45, 2.75) is 19.5 Å². The number of fused-ring (bicyclic) bond motifs is 1. The first-order valence-electron chi connectivity index (χ1n) is 10.3. The number of nitrogen functional groups attached to an aromatic ring is 1. The number of rotatable bonds is 4. The van der Waals surface area contributed by atoms with Gasteiger partial charge >= 0.3 is 0 Å². The van der Waals surface area contributed by atoms with Gasteiger partial charge in [-0.15, -0.1) is 0 Å². The summed E-state index contributed by atoms with van der Waals surface area (Å²) in [6.45, 7) is 2.58. The van der Waals surface area contributed by atoms with E-state index in [1.165, 1.54) is 11.3 Å². The van der Waals surface area contributed by atoms with Crippen LogP contribution in [0.15, 0.2) is 73.1 Å². The molecule has 0 amide bonds. The van der Waals surface area contributed by atoms with Crippen molar-refractivity contribution < 1.29 is 0 Å². The molecule has 152 valence electrons. The highest BCUT2D eigenvalue weighted by Crippen LogP contribution is 2.24. The first-order chi connectivity index (χ1) is 15.2. The molecule has 0 saturated heterocycles. The van der Waals surface area contributed by atoms with Crippen LogP contribution in [0.5, 0.6) is 0 Å². The Bertz CT molecular complexity index is 1270. The Morgan fingerprint density at radius 2 is 1.94 bits per heavy atom. The molecule has 6 heteroatoms. The van der Waals surface area contributed by atoms with Crippen molar-refractivity contribution >= 4 is 5.69 Å². The summed E-state index contributed by atoms with van der Waals surface area (Å²) in [5, 5.41) is 9.20. The zero-order valence-corrected chi connectivity index (χ0v) is 17.1. The maximum Gasteiger partial charge on any atom is 0.159 e. The van der Waals surface area contributed by atoms with E-state index in [4.69, 9.17) is 10.7 Å². The highest BCUT2D eigenvalue weighted by atomic mass is 15.2. The Morgan fingerprint density at radius 1 is 1.06 bits per heavy atom. The molecule has 0 bridgehead atoms. The van der Waals surface area contributed by atoms with E-state index >= 15 is 0 Å². The number of nitriles is 1. The van der Waals surface area contributed by atoms with Crippen LogP contribution in [-0.4, -0.2) is 26.0 Å². The number of nitrogens with two attached hydrogens (primary N) is 1. The lowest BCUT2D eigenvalue weighted by Crippen LogP contribution is -2.31. The lowest BCUT2D eigenvalue weighted by atomic mass is 10.1. The quantitative estimate of drug-likeness (QED) is 0.519. The zero-order chi connectivity index (χ0) is 21.2. The smallest absolute Gasteiger partial charge is 0.159 e. The predicted octanol–water partition coefficient (Wildman–Crippen LogP) is 3.95. The molecule has 0 unspecified atom stereocenters. The van der Waals surface area contributed by atoms with Crippen molar-refractivity contribution in [3.05, 3.63) is 95.6 Å². The zero-order valence-electron chi connectivity index (χ0n) is 17.1. The van der Waals surface area contributed by atoms with Crippen molar-refractivity contribution in [1.82, 2.24) is 19.4 Å². The number of hydrogen-bond donors (Lipinski definition) is 1. The minimum Gasteiger partial charge on any atom is -0.399 e. The Hall–Kier alpha value is -3.95.